The van der Waals surface area contributed by atoms with E-state index in [2.05, 4.69) is 53.2 Å². The van der Waals surface area contributed by atoms with Crippen molar-refractivity contribution in [3.63, 3.8) is 0 Å². The van der Waals surface area contributed by atoms with Crippen LogP contribution in [0.3, 0.4) is 0 Å². The molecule has 0 atom stereocenters. The number of amides is 1. The Morgan fingerprint density at radius 3 is 2.40 bits per heavy atom. The van der Waals surface area contributed by atoms with E-state index < -0.39 is 5.60 Å². The maximum absolute atomic E-state index is 13.0. The number of nitrogens with one attached hydrogen (secondary N) is 1. The van der Waals surface area contributed by atoms with Gasteiger partial charge in [0.05, 0.1) is 16.8 Å². The van der Waals surface area contributed by atoms with Crippen LogP contribution >= 0.6 is 0 Å². The van der Waals surface area contributed by atoms with Gasteiger partial charge in [0.15, 0.2) is 0 Å². The topological polar surface area (TPSA) is 73.2 Å². The molecule has 6 nitrogen and oxygen atoms in total. The second kappa shape index (κ2) is 13.2. The van der Waals surface area contributed by atoms with Gasteiger partial charge in [0, 0.05) is 19.9 Å². The van der Waals surface area contributed by atoms with E-state index >= 15 is 0 Å². The van der Waals surface area contributed by atoms with Crippen molar-refractivity contribution in [3.05, 3.63) is 83.2 Å². The third kappa shape index (κ3) is 7.35. The van der Waals surface area contributed by atoms with Crippen LogP contribution in [0.25, 0.3) is 22.2 Å². The predicted molar refractivity (Wildman–Crippen MR) is 175 cm³/mol. The summed E-state index contributed by atoms with van der Waals surface area (Å²) >= 11 is 0. The van der Waals surface area contributed by atoms with Crippen molar-refractivity contribution in [1.29, 1.82) is 0 Å². The second-order valence-corrected chi connectivity index (χ2v) is 12.9. The minimum Gasteiger partial charge on any atom is -0.456 e. The number of hydrogen-bond acceptors (Lipinski definition) is 4. The molecule has 0 radical (unpaired) electrons. The van der Waals surface area contributed by atoms with E-state index in [0.717, 1.165) is 58.5 Å². The molecule has 0 spiro atoms. The fourth-order valence-electron chi connectivity index (χ4n) is 6.17. The van der Waals surface area contributed by atoms with Gasteiger partial charge in [-0.25, -0.2) is 9.78 Å². The first-order chi connectivity index (χ1) is 20.6. The van der Waals surface area contributed by atoms with Crippen LogP contribution in [0.15, 0.2) is 60.7 Å². The van der Waals surface area contributed by atoms with Crippen molar-refractivity contribution in [2.24, 2.45) is 0 Å². The number of hydrogen-bond donors (Lipinski definition) is 1. The first-order valence-corrected chi connectivity index (χ1v) is 15.8. The summed E-state index contributed by atoms with van der Waals surface area (Å²) < 4.78 is 8.02. The zero-order chi connectivity index (χ0) is 30.6. The normalized spacial score (nSPS) is 14.2. The van der Waals surface area contributed by atoms with E-state index in [1.807, 2.05) is 45.0 Å². The van der Waals surface area contributed by atoms with E-state index in [0.29, 0.717) is 18.0 Å². The monoisotopic (exact) mass is 579 g/mol. The lowest BCUT2D eigenvalue weighted by Crippen LogP contribution is -2.24. The lowest BCUT2D eigenvalue weighted by molar-refractivity contribution is -0.114. The van der Waals surface area contributed by atoms with Crippen LogP contribution in [0.1, 0.15) is 113 Å². The highest BCUT2D eigenvalue weighted by Crippen LogP contribution is 2.37. The first-order valence-electron chi connectivity index (χ1n) is 15.8. The van der Waals surface area contributed by atoms with E-state index in [9.17, 15) is 9.59 Å². The molecule has 43 heavy (non-hydrogen) atoms. The fourth-order valence-corrected chi connectivity index (χ4v) is 6.17. The number of benzene rings is 3. The molecule has 1 N–H and O–H groups in total. The van der Waals surface area contributed by atoms with E-state index in [1.165, 1.54) is 37.7 Å². The summed E-state index contributed by atoms with van der Waals surface area (Å²) in [6, 6.07) is 20.5. The number of carbonyl (C=O) groups is 2. The molecule has 3 aromatic carbocycles. The number of imidazole rings is 1. The molecular weight excluding hydrogens is 534 g/mol. The summed E-state index contributed by atoms with van der Waals surface area (Å²) in [6.45, 7) is 10.1. The van der Waals surface area contributed by atoms with Gasteiger partial charge < -0.3 is 14.6 Å². The molecule has 1 aliphatic rings. The summed E-state index contributed by atoms with van der Waals surface area (Å²) in [6.07, 6.45) is 9.20. The summed E-state index contributed by atoms with van der Waals surface area (Å²) in [5.41, 5.74) is 7.04. The highest BCUT2D eigenvalue weighted by atomic mass is 16.6. The molecular formula is C37H45N3O3. The molecule has 0 saturated heterocycles. The van der Waals surface area contributed by atoms with Gasteiger partial charge in [0.2, 0.25) is 5.91 Å². The number of unbranched alkanes of at least 4 members (excludes halogenated alkanes) is 1. The zero-order valence-electron chi connectivity index (χ0n) is 26.3. The number of nitrogens with zero attached hydrogens (tertiary/aromatic N) is 2. The van der Waals surface area contributed by atoms with Crippen molar-refractivity contribution in [2.75, 3.05) is 5.32 Å². The van der Waals surface area contributed by atoms with Gasteiger partial charge in [0.1, 0.15) is 16.9 Å². The molecule has 0 bridgehead atoms. The number of fused-ring (bicyclic) bond motifs is 1. The van der Waals surface area contributed by atoms with Gasteiger partial charge in [-0.05, 0) is 86.4 Å². The van der Waals surface area contributed by atoms with Gasteiger partial charge >= 0.3 is 5.97 Å². The van der Waals surface area contributed by atoms with Crippen molar-refractivity contribution in [3.8, 4) is 11.1 Å². The van der Waals surface area contributed by atoms with Gasteiger partial charge in [-0.15, -0.1) is 0 Å². The third-order valence-electron chi connectivity index (χ3n) is 8.25. The lowest BCUT2D eigenvalue weighted by Gasteiger charge is -2.23. The standard InChI is InChI=1S/C37H45N3O3/c1-6-7-17-34-39-35-32(38-25(2)41)22-29(27-13-9-8-10-14-27)23-33(35)40(34)24-26-18-20-28(21-19-26)30-15-11-12-16-31(30)36(42)43-37(3,4)5/h11-12,15-16,18-23,27H,6-10,13-14,17,24H2,1-5H3,(H,38,41). The van der Waals surface area contributed by atoms with Crippen LogP contribution < -0.4 is 5.32 Å². The van der Waals surface area contributed by atoms with Crippen LogP contribution in [-0.2, 0) is 22.5 Å². The zero-order valence-corrected chi connectivity index (χ0v) is 26.3. The number of anilines is 1. The van der Waals surface area contributed by atoms with Crippen LogP contribution in [0.2, 0.25) is 0 Å². The number of aromatic nitrogens is 2. The Labute approximate surface area is 255 Å². The van der Waals surface area contributed by atoms with Crippen molar-refractivity contribution < 1.29 is 14.3 Å². The summed E-state index contributed by atoms with van der Waals surface area (Å²) in [7, 11) is 0. The van der Waals surface area contributed by atoms with E-state index in [-0.39, 0.29) is 11.9 Å². The molecule has 1 aliphatic carbocycles. The number of ether oxygens (including phenoxy) is 1. The average molecular weight is 580 g/mol. The Bertz CT molecular complexity index is 1590. The van der Waals surface area contributed by atoms with Gasteiger partial charge in [-0.1, -0.05) is 75.1 Å². The maximum Gasteiger partial charge on any atom is 0.339 e. The molecule has 1 amide bonds. The van der Waals surface area contributed by atoms with Crippen LogP contribution in [0, 0.1) is 0 Å². The third-order valence-corrected chi connectivity index (χ3v) is 8.25. The van der Waals surface area contributed by atoms with Crippen LogP contribution in [0.4, 0.5) is 5.69 Å². The molecule has 1 fully saturated rings. The number of rotatable bonds is 9. The Morgan fingerprint density at radius 2 is 1.72 bits per heavy atom. The molecule has 0 unspecified atom stereocenters. The molecule has 4 aromatic rings. The fraction of sp³-hybridized carbons (Fsp3) is 0.432. The van der Waals surface area contributed by atoms with Crippen LogP contribution in [0.5, 0.6) is 0 Å². The largest absolute Gasteiger partial charge is 0.456 e. The SMILES string of the molecule is CCCCc1nc2c(NC(C)=O)cc(C3CCCCC3)cc2n1Cc1ccc(-c2ccccc2C(=O)OC(C)(C)C)cc1. The summed E-state index contributed by atoms with van der Waals surface area (Å²) in [5.74, 6) is 1.16. The Hall–Kier alpha value is -3.93. The van der Waals surface area contributed by atoms with Crippen LogP contribution in [-0.4, -0.2) is 27.0 Å². The van der Waals surface area contributed by atoms with Gasteiger partial charge in [-0.3, -0.25) is 4.79 Å². The predicted octanol–water partition coefficient (Wildman–Crippen LogP) is 9.06. The smallest absolute Gasteiger partial charge is 0.339 e. The highest BCUT2D eigenvalue weighted by molar-refractivity contribution is 5.99. The van der Waals surface area contributed by atoms with Gasteiger partial charge in [0.25, 0.3) is 0 Å². The average Bonchev–Trinajstić information content (AvgIpc) is 3.33. The van der Waals surface area contributed by atoms with Crippen molar-refractivity contribution in [1.82, 2.24) is 9.55 Å². The summed E-state index contributed by atoms with van der Waals surface area (Å²) in [5, 5.41) is 3.09. The molecule has 226 valence electrons. The highest BCUT2D eigenvalue weighted by Gasteiger charge is 2.23. The molecule has 5 rings (SSSR count). The van der Waals surface area contributed by atoms with Crippen molar-refractivity contribution in [2.45, 2.75) is 104 Å². The molecule has 1 aromatic heterocycles. The molecule has 6 heteroatoms. The molecule has 0 aliphatic heterocycles. The quantitative estimate of drug-likeness (QED) is 0.201. The minimum atomic E-state index is -0.562. The van der Waals surface area contributed by atoms with E-state index in [4.69, 9.17) is 9.72 Å². The Balaban J connectivity index is 1.52. The minimum absolute atomic E-state index is 0.0750. The first kappa shape index (κ1) is 30.5. The number of esters is 1. The maximum atomic E-state index is 13.0. The Morgan fingerprint density at radius 1 is 1.00 bits per heavy atom. The van der Waals surface area contributed by atoms with E-state index in [1.54, 1.807) is 6.92 Å². The number of aryl methyl sites for hydroxylation is 1. The number of carbonyl (C=O) groups excluding carboxylic acids is 2. The Kier molecular flexibility index (Phi) is 9.34. The second-order valence-electron chi connectivity index (χ2n) is 12.9. The summed E-state index contributed by atoms with van der Waals surface area (Å²) in [4.78, 5) is 30.3. The molecule has 1 heterocycles. The van der Waals surface area contributed by atoms with Gasteiger partial charge in [-0.2, -0.15) is 0 Å². The lowest BCUT2D eigenvalue weighted by atomic mass is 9.84. The van der Waals surface area contributed by atoms with Crippen molar-refractivity contribution >= 4 is 28.6 Å². The molecule has 1 saturated carbocycles.